The second kappa shape index (κ2) is 9.69. The number of hydrogen-bond donors (Lipinski definition) is 1. The summed E-state index contributed by atoms with van der Waals surface area (Å²) < 4.78 is 25.0. The number of fused-ring (bicyclic) bond motifs is 2. The molecule has 0 radical (unpaired) electrons. The molecule has 1 saturated heterocycles. The second-order valence-corrected chi connectivity index (χ2v) is 13.3. The molecule has 192 valence electrons. The van der Waals surface area contributed by atoms with Crippen molar-refractivity contribution >= 4 is 20.9 Å². The quantitative estimate of drug-likeness (QED) is 0.340. The van der Waals surface area contributed by atoms with Crippen LogP contribution in [-0.4, -0.2) is 52.9 Å². The Kier molecular flexibility index (Phi) is 6.37. The number of aromatic amines is 1. The summed E-state index contributed by atoms with van der Waals surface area (Å²) >= 11 is 0. The highest BCUT2D eigenvalue weighted by Crippen LogP contribution is 2.33. The molecule has 7 heteroatoms. The predicted molar refractivity (Wildman–Crippen MR) is 148 cm³/mol. The van der Waals surface area contributed by atoms with Gasteiger partial charge in [-0.05, 0) is 100 Å². The Morgan fingerprint density at radius 2 is 1.59 bits per heavy atom. The molecule has 4 aromatic rings. The molecule has 1 fully saturated rings. The van der Waals surface area contributed by atoms with Crippen LogP contribution in [0.1, 0.15) is 50.7 Å². The molecule has 3 heterocycles. The van der Waals surface area contributed by atoms with Gasteiger partial charge in [-0.1, -0.05) is 30.3 Å². The Labute approximate surface area is 219 Å². The minimum atomic E-state index is -3.31. The van der Waals surface area contributed by atoms with Gasteiger partial charge in [0.15, 0.2) is 15.5 Å². The summed E-state index contributed by atoms with van der Waals surface area (Å²) in [5.41, 5.74) is 7.56. The molecule has 0 saturated carbocycles. The van der Waals surface area contributed by atoms with E-state index >= 15 is 0 Å². The third-order valence-electron chi connectivity index (χ3n) is 8.18. The molecule has 0 spiro atoms. The van der Waals surface area contributed by atoms with Crippen LogP contribution in [0, 0.1) is 0 Å². The van der Waals surface area contributed by atoms with E-state index in [4.69, 9.17) is 0 Å². The van der Waals surface area contributed by atoms with Gasteiger partial charge >= 0.3 is 0 Å². The zero-order valence-electron chi connectivity index (χ0n) is 21.6. The van der Waals surface area contributed by atoms with Crippen molar-refractivity contribution in [1.29, 1.82) is 0 Å². The van der Waals surface area contributed by atoms with Crippen LogP contribution in [0.15, 0.2) is 59.6 Å². The Bertz CT molecular complexity index is 1530. The zero-order chi connectivity index (χ0) is 25.6. The predicted octanol–water partition coefficient (Wildman–Crippen LogP) is 5.82. The first-order valence-electron chi connectivity index (χ1n) is 13.4. The number of nitrogens with zero attached hydrogens (tertiary/aromatic N) is 3. The summed E-state index contributed by atoms with van der Waals surface area (Å²) in [7, 11) is -3.31. The molecule has 1 aliphatic carbocycles. The van der Waals surface area contributed by atoms with Crippen LogP contribution >= 0.6 is 0 Å². The second-order valence-electron chi connectivity index (χ2n) is 10.8. The first-order chi connectivity index (χ1) is 17.9. The highest BCUT2D eigenvalue weighted by Gasteiger charge is 2.25. The van der Waals surface area contributed by atoms with Gasteiger partial charge in [0.25, 0.3) is 0 Å². The smallest absolute Gasteiger partial charge is 0.180 e. The molecule has 37 heavy (non-hydrogen) atoms. The van der Waals surface area contributed by atoms with Gasteiger partial charge < -0.3 is 4.90 Å². The van der Waals surface area contributed by atoms with Crippen molar-refractivity contribution in [3.8, 4) is 22.4 Å². The molecule has 2 aromatic heterocycles. The van der Waals surface area contributed by atoms with Crippen LogP contribution in [0.5, 0.6) is 0 Å². The highest BCUT2D eigenvalue weighted by atomic mass is 32.2. The number of sulfone groups is 1. The molecule has 0 amide bonds. The maximum absolute atomic E-state index is 12.5. The number of pyridine rings is 1. The minimum absolute atomic E-state index is 0.335. The maximum atomic E-state index is 12.5. The fourth-order valence-electron chi connectivity index (χ4n) is 5.90. The third-order valence-corrected chi connectivity index (χ3v) is 10.4. The molecule has 1 atom stereocenters. The Balaban J connectivity index is 1.29. The highest BCUT2D eigenvalue weighted by molar-refractivity contribution is 7.92. The first-order valence-corrected chi connectivity index (χ1v) is 15.0. The molecule has 0 bridgehead atoms. The van der Waals surface area contributed by atoms with E-state index in [1.165, 1.54) is 55.5 Å². The van der Waals surface area contributed by atoms with E-state index in [1.54, 1.807) is 26.0 Å². The van der Waals surface area contributed by atoms with Crippen LogP contribution in [0.25, 0.3) is 33.4 Å². The fraction of sp³-hybridized carbons (Fsp3) is 0.400. The van der Waals surface area contributed by atoms with Gasteiger partial charge in [0.05, 0.1) is 10.1 Å². The number of aromatic nitrogens is 3. The largest absolute Gasteiger partial charge is 0.300 e. The number of nitrogens with one attached hydrogen (secondary N) is 1. The normalized spacial score (nSPS) is 18.8. The summed E-state index contributed by atoms with van der Waals surface area (Å²) in [5, 5.41) is 8.02. The van der Waals surface area contributed by atoms with Gasteiger partial charge in [-0.3, -0.25) is 5.10 Å². The van der Waals surface area contributed by atoms with Crippen molar-refractivity contribution in [1.82, 2.24) is 20.1 Å². The molecule has 1 N–H and O–H groups in total. The summed E-state index contributed by atoms with van der Waals surface area (Å²) in [6, 6.07) is 16.8. The summed E-state index contributed by atoms with van der Waals surface area (Å²) in [6.07, 6.45) is 9.39. The number of H-pyrrole nitrogens is 1. The van der Waals surface area contributed by atoms with Crippen molar-refractivity contribution in [3.05, 3.63) is 65.9 Å². The fourth-order valence-corrected chi connectivity index (χ4v) is 6.96. The molecule has 6 nitrogen and oxygen atoms in total. The summed E-state index contributed by atoms with van der Waals surface area (Å²) in [6.45, 7) is 5.93. The van der Waals surface area contributed by atoms with E-state index in [0.717, 1.165) is 40.7 Å². The van der Waals surface area contributed by atoms with E-state index in [0.29, 0.717) is 10.9 Å². The van der Waals surface area contributed by atoms with Crippen LogP contribution in [-0.2, 0) is 22.7 Å². The minimum Gasteiger partial charge on any atom is -0.300 e. The van der Waals surface area contributed by atoms with Crippen LogP contribution in [0.3, 0.4) is 0 Å². The van der Waals surface area contributed by atoms with Gasteiger partial charge in [0.1, 0.15) is 5.69 Å². The molecule has 2 aromatic carbocycles. The van der Waals surface area contributed by atoms with E-state index in [9.17, 15) is 8.42 Å². The lowest BCUT2D eigenvalue weighted by molar-refractivity contribution is 0.222. The average Bonchev–Trinajstić information content (AvgIpc) is 3.55. The molecular formula is C30H34N4O2S. The number of aryl methyl sites for hydroxylation is 2. The average molecular weight is 515 g/mol. The van der Waals surface area contributed by atoms with E-state index in [2.05, 4.69) is 44.3 Å². The van der Waals surface area contributed by atoms with Gasteiger partial charge in [-0.15, -0.1) is 0 Å². The number of hydrogen-bond acceptors (Lipinski definition) is 5. The van der Waals surface area contributed by atoms with Crippen molar-refractivity contribution < 1.29 is 8.42 Å². The lowest BCUT2D eigenvalue weighted by Gasteiger charge is -2.25. The molecule has 6 rings (SSSR count). The molecular weight excluding hydrogens is 480 g/mol. The standard InChI is InChI=1S/C30H34N4O2S/c1-20(2)37(35,36)27-13-9-22(10-14-27)29-28-18-25(19-31-30(28)33-32-29)24-6-5-21-7-11-26(12-8-23(21)17-24)34-15-3-4-16-34/h5-6,9-10,13-14,17-20,26H,3-4,7-8,11-12,15-16H2,1-2H3,(H,31,32,33)/t26-/m0/s1. The van der Waals surface area contributed by atoms with Gasteiger partial charge in [-0.2, -0.15) is 5.10 Å². The van der Waals surface area contributed by atoms with Crippen LogP contribution in [0.2, 0.25) is 0 Å². The van der Waals surface area contributed by atoms with Gasteiger partial charge in [-0.25, -0.2) is 13.4 Å². The Morgan fingerprint density at radius 3 is 2.32 bits per heavy atom. The maximum Gasteiger partial charge on any atom is 0.180 e. The molecule has 1 aliphatic heterocycles. The third kappa shape index (κ3) is 4.59. The monoisotopic (exact) mass is 514 g/mol. The van der Waals surface area contributed by atoms with Crippen molar-refractivity contribution in [2.24, 2.45) is 0 Å². The molecule has 2 aliphatic rings. The number of likely N-dealkylation sites (tertiary alicyclic amines) is 1. The van der Waals surface area contributed by atoms with E-state index in [1.807, 2.05) is 18.3 Å². The SMILES string of the molecule is CC(C)S(=O)(=O)c1ccc(-c2n[nH]c3ncc(-c4ccc5c(c4)CC[C@@H](N4CCCC4)CC5)cc23)cc1. The van der Waals surface area contributed by atoms with E-state index in [-0.39, 0.29) is 0 Å². The molecule has 0 unspecified atom stereocenters. The van der Waals surface area contributed by atoms with Crippen molar-refractivity contribution in [3.63, 3.8) is 0 Å². The van der Waals surface area contributed by atoms with Crippen molar-refractivity contribution in [2.75, 3.05) is 13.1 Å². The Morgan fingerprint density at radius 1 is 0.892 bits per heavy atom. The number of rotatable bonds is 5. The lowest BCUT2D eigenvalue weighted by atomic mass is 9.96. The number of benzene rings is 2. The summed E-state index contributed by atoms with van der Waals surface area (Å²) in [4.78, 5) is 7.70. The van der Waals surface area contributed by atoms with Gasteiger partial charge in [0, 0.05) is 28.8 Å². The topological polar surface area (TPSA) is 79.0 Å². The summed E-state index contributed by atoms with van der Waals surface area (Å²) in [5.74, 6) is 0. The first kappa shape index (κ1) is 24.3. The van der Waals surface area contributed by atoms with Crippen LogP contribution in [0.4, 0.5) is 0 Å². The van der Waals surface area contributed by atoms with Gasteiger partial charge in [0.2, 0.25) is 0 Å². The van der Waals surface area contributed by atoms with Crippen molar-refractivity contribution in [2.45, 2.75) is 68.6 Å². The van der Waals surface area contributed by atoms with E-state index < -0.39 is 15.1 Å². The zero-order valence-corrected chi connectivity index (χ0v) is 22.4. The lowest BCUT2D eigenvalue weighted by Crippen LogP contribution is -2.32. The Hall–Kier alpha value is -3.03. The van der Waals surface area contributed by atoms with Crippen LogP contribution < -0.4 is 0 Å².